The molecule has 0 N–H and O–H groups in total. The third-order valence-electron chi connectivity index (χ3n) is 7.51. The molecule has 120 valence electrons. The molecule has 0 heterocycles. The summed E-state index contributed by atoms with van der Waals surface area (Å²) in [4.78, 5) is 32.5. The minimum Gasteiger partial charge on any atom is -0.307 e. The summed E-state index contributed by atoms with van der Waals surface area (Å²) in [6, 6.07) is 0. The molecule has 0 radical (unpaired) electrons. The van der Waals surface area contributed by atoms with Gasteiger partial charge in [0, 0.05) is 0 Å². The standard InChI is InChI=1S/C14H18N2O6/c17-15(18)21-13-4-10-8-1-7-2-9(10)12(6-13)14(3-7,11(8)5-13)22-16(19)20/h7-12H,1-6H2. The predicted molar refractivity (Wildman–Crippen MR) is 70.3 cm³/mol. The van der Waals surface area contributed by atoms with Crippen molar-refractivity contribution >= 4 is 0 Å². The maximum absolute atomic E-state index is 11.1. The molecule has 4 atom stereocenters. The predicted octanol–water partition coefficient (Wildman–Crippen LogP) is 1.99. The van der Waals surface area contributed by atoms with Gasteiger partial charge in [-0.05, 0) is 74.0 Å². The minimum atomic E-state index is -0.718. The Balaban J connectivity index is 1.59. The van der Waals surface area contributed by atoms with Crippen LogP contribution < -0.4 is 0 Å². The highest BCUT2D eigenvalue weighted by Gasteiger charge is 2.75. The maximum Gasteiger partial charge on any atom is 0.295 e. The van der Waals surface area contributed by atoms with E-state index in [-0.39, 0.29) is 11.8 Å². The van der Waals surface area contributed by atoms with Crippen LogP contribution in [0.4, 0.5) is 0 Å². The Hall–Kier alpha value is -1.60. The monoisotopic (exact) mass is 310 g/mol. The SMILES string of the molecule is O=[N+]([O-])OC12CC3C4CC5CC3C(C1)C(O[N+](=O)[O-])(C5)C4C2. The second kappa shape index (κ2) is 3.65. The molecule has 22 heavy (non-hydrogen) atoms. The lowest BCUT2D eigenvalue weighted by atomic mass is 9.33. The Morgan fingerprint density at radius 1 is 0.818 bits per heavy atom. The van der Waals surface area contributed by atoms with Crippen LogP contribution in [0.1, 0.15) is 38.5 Å². The molecule has 8 heteroatoms. The minimum absolute atomic E-state index is 0.0446. The number of rotatable bonds is 4. The molecule has 8 nitrogen and oxygen atoms in total. The molecule has 4 unspecified atom stereocenters. The molecule has 7 aliphatic rings. The van der Waals surface area contributed by atoms with Gasteiger partial charge >= 0.3 is 0 Å². The normalized spacial score (nSPS) is 56.2. The lowest BCUT2D eigenvalue weighted by molar-refractivity contribution is -0.804. The first-order valence-corrected chi connectivity index (χ1v) is 8.09. The fourth-order valence-corrected chi connectivity index (χ4v) is 7.39. The average molecular weight is 310 g/mol. The number of nitrogens with zero attached hydrogens (tertiary/aromatic N) is 2. The highest BCUT2D eigenvalue weighted by Crippen LogP contribution is 2.74. The Bertz CT molecular complexity index is 556. The van der Waals surface area contributed by atoms with Crippen LogP contribution in [0.5, 0.6) is 0 Å². The molecule has 7 fully saturated rings. The van der Waals surface area contributed by atoms with Gasteiger partial charge < -0.3 is 9.68 Å². The van der Waals surface area contributed by atoms with Gasteiger partial charge in [0.2, 0.25) is 0 Å². The van der Waals surface area contributed by atoms with E-state index in [9.17, 15) is 20.2 Å². The highest BCUT2D eigenvalue weighted by molar-refractivity contribution is 5.23. The molecule has 0 aromatic rings. The van der Waals surface area contributed by atoms with Crippen LogP contribution >= 0.6 is 0 Å². The van der Waals surface area contributed by atoms with E-state index in [2.05, 4.69) is 0 Å². The van der Waals surface area contributed by atoms with Crippen molar-refractivity contribution in [2.45, 2.75) is 49.7 Å². The molecule has 7 saturated carbocycles. The lowest BCUT2D eigenvalue weighted by Crippen LogP contribution is -2.76. The van der Waals surface area contributed by atoms with Crippen molar-refractivity contribution in [3.8, 4) is 0 Å². The van der Waals surface area contributed by atoms with Crippen molar-refractivity contribution in [1.29, 1.82) is 0 Å². The van der Waals surface area contributed by atoms with Crippen molar-refractivity contribution in [3.05, 3.63) is 20.2 Å². The molecule has 0 aliphatic heterocycles. The summed E-state index contributed by atoms with van der Waals surface area (Å²) in [5.74, 6) is 1.90. The number of hydrogen-bond acceptors (Lipinski definition) is 6. The van der Waals surface area contributed by atoms with E-state index in [0.717, 1.165) is 25.7 Å². The fourth-order valence-electron chi connectivity index (χ4n) is 7.39. The van der Waals surface area contributed by atoms with Crippen LogP contribution in [-0.2, 0) is 9.68 Å². The number of hydrogen-bond donors (Lipinski definition) is 0. The van der Waals surface area contributed by atoms with E-state index >= 15 is 0 Å². The van der Waals surface area contributed by atoms with Gasteiger partial charge in [0.1, 0.15) is 11.2 Å². The Morgan fingerprint density at radius 3 is 1.95 bits per heavy atom. The van der Waals surface area contributed by atoms with Crippen LogP contribution in [0.2, 0.25) is 0 Å². The summed E-state index contributed by atoms with van der Waals surface area (Å²) in [5.41, 5.74) is -1.41. The molecule has 0 saturated heterocycles. The van der Waals surface area contributed by atoms with Gasteiger partial charge in [-0.3, -0.25) is 0 Å². The highest BCUT2D eigenvalue weighted by atomic mass is 17.0. The first-order valence-electron chi connectivity index (χ1n) is 8.09. The Morgan fingerprint density at radius 2 is 1.41 bits per heavy atom. The zero-order valence-electron chi connectivity index (χ0n) is 12.1. The van der Waals surface area contributed by atoms with E-state index in [0.29, 0.717) is 36.5 Å². The van der Waals surface area contributed by atoms with E-state index in [1.54, 1.807) is 0 Å². The smallest absolute Gasteiger partial charge is 0.295 e. The van der Waals surface area contributed by atoms with Crippen LogP contribution in [0, 0.1) is 55.7 Å². The van der Waals surface area contributed by atoms with Crippen LogP contribution in [0.15, 0.2) is 0 Å². The van der Waals surface area contributed by atoms with Gasteiger partial charge in [-0.25, -0.2) is 0 Å². The van der Waals surface area contributed by atoms with E-state index < -0.39 is 21.4 Å². The topological polar surface area (TPSA) is 105 Å². The summed E-state index contributed by atoms with van der Waals surface area (Å²) >= 11 is 0. The van der Waals surface area contributed by atoms with Crippen LogP contribution in [0.25, 0.3) is 0 Å². The molecule has 0 aromatic heterocycles. The van der Waals surface area contributed by atoms with Gasteiger partial charge in [0.25, 0.3) is 10.2 Å². The van der Waals surface area contributed by atoms with E-state index in [1.165, 1.54) is 0 Å². The molecular weight excluding hydrogens is 292 g/mol. The molecule has 0 amide bonds. The van der Waals surface area contributed by atoms with E-state index in [4.69, 9.17) is 9.68 Å². The lowest BCUT2D eigenvalue weighted by Gasteiger charge is -2.74. The van der Waals surface area contributed by atoms with Crippen molar-refractivity contribution in [3.63, 3.8) is 0 Å². The van der Waals surface area contributed by atoms with Crippen molar-refractivity contribution in [1.82, 2.24) is 0 Å². The summed E-state index contributed by atoms with van der Waals surface area (Å²) in [6.45, 7) is 0. The average Bonchev–Trinajstić information content (AvgIpc) is 2.42. The van der Waals surface area contributed by atoms with Crippen LogP contribution in [0.3, 0.4) is 0 Å². The van der Waals surface area contributed by atoms with Gasteiger partial charge in [0.15, 0.2) is 0 Å². The molecule has 7 rings (SSSR count). The van der Waals surface area contributed by atoms with Crippen molar-refractivity contribution < 1.29 is 19.8 Å². The first kappa shape index (κ1) is 12.9. The van der Waals surface area contributed by atoms with Gasteiger partial charge in [0.05, 0.1) is 0 Å². The quantitative estimate of drug-likeness (QED) is 0.581. The van der Waals surface area contributed by atoms with Gasteiger partial charge in [-0.15, -0.1) is 20.2 Å². The zero-order valence-corrected chi connectivity index (χ0v) is 12.1. The molecule has 0 spiro atoms. The zero-order chi connectivity index (χ0) is 15.3. The van der Waals surface area contributed by atoms with E-state index in [1.807, 2.05) is 0 Å². The molecule has 0 aromatic carbocycles. The van der Waals surface area contributed by atoms with Crippen molar-refractivity contribution in [2.75, 3.05) is 0 Å². The Kier molecular flexibility index (Phi) is 2.14. The molecular formula is C14H18N2O6. The first-order chi connectivity index (χ1) is 10.4. The third-order valence-corrected chi connectivity index (χ3v) is 7.51. The van der Waals surface area contributed by atoms with Crippen LogP contribution in [-0.4, -0.2) is 21.4 Å². The molecule has 7 aliphatic carbocycles. The molecule has 8 bridgehead atoms. The summed E-state index contributed by atoms with van der Waals surface area (Å²) in [5, 5.41) is 20.7. The largest absolute Gasteiger partial charge is 0.307 e. The summed E-state index contributed by atoms with van der Waals surface area (Å²) < 4.78 is 0. The van der Waals surface area contributed by atoms with Gasteiger partial charge in [-0.1, -0.05) is 0 Å². The van der Waals surface area contributed by atoms with Gasteiger partial charge in [-0.2, -0.15) is 0 Å². The summed E-state index contributed by atoms with van der Waals surface area (Å²) in [6.07, 6.45) is 4.79. The Labute approximate surface area is 126 Å². The third kappa shape index (κ3) is 1.34. The fraction of sp³-hybridized carbons (Fsp3) is 1.00. The summed E-state index contributed by atoms with van der Waals surface area (Å²) in [7, 11) is 0. The second-order valence-corrected chi connectivity index (χ2v) is 8.13. The van der Waals surface area contributed by atoms with Crippen molar-refractivity contribution in [2.24, 2.45) is 35.5 Å². The maximum atomic E-state index is 11.1. The second-order valence-electron chi connectivity index (χ2n) is 8.13.